The van der Waals surface area contributed by atoms with E-state index in [0.717, 1.165) is 17.5 Å². The fraction of sp³-hybridized carbons (Fsp3) is 1.00. The molecule has 0 bridgehead atoms. The van der Waals surface area contributed by atoms with Gasteiger partial charge in [0.05, 0.1) is 4.58 Å². The molecule has 0 saturated carbocycles. The minimum absolute atomic E-state index is 0.736. The van der Waals surface area contributed by atoms with Crippen LogP contribution in [0.4, 0.5) is 0 Å². The molecule has 0 aliphatic heterocycles. The zero-order chi connectivity index (χ0) is 7.82. The highest BCUT2D eigenvalue weighted by atomic mass is 32.2. The number of hydrogen-bond donors (Lipinski definition) is 1. The van der Waals surface area contributed by atoms with Crippen molar-refractivity contribution >= 4 is 23.5 Å². The lowest BCUT2D eigenvalue weighted by molar-refractivity contribution is 0.915. The third-order valence-electron chi connectivity index (χ3n) is 1.11. The lowest BCUT2D eigenvalue weighted by Crippen LogP contribution is -2.07. The lowest BCUT2D eigenvalue weighted by Gasteiger charge is -2.12. The van der Waals surface area contributed by atoms with E-state index in [-0.39, 0.29) is 0 Å². The predicted molar refractivity (Wildman–Crippen MR) is 53.7 cm³/mol. The van der Waals surface area contributed by atoms with E-state index in [2.05, 4.69) is 13.8 Å². The average molecular weight is 179 g/mol. The van der Waals surface area contributed by atoms with Crippen molar-refractivity contribution < 1.29 is 0 Å². The molecule has 3 heteroatoms. The maximum atomic E-state index is 5.46. The first-order chi connectivity index (χ1) is 4.85. The first-order valence-electron chi connectivity index (χ1n) is 3.78. The van der Waals surface area contributed by atoms with Gasteiger partial charge < -0.3 is 5.73 Å². The van der Waals surface area contributed by atoms with Gasteiger partial charge in [-0.25, -0.2) is 0 Å². The Balaban J connectivity index is 3.30. The molecule has 0 radical (unpaired) electrons. The maximum absolute atomic E-state index is 5.46. The van der Waals surface area contributed by atoms with Gasteiger partial charge in [0.15, 0.2) is 0 Å². The minimum atomic E-state index is 0.736. The van der Waals surface area contributed by atoms with Crippen LogP contribution in [0.15, 0.2) is 0 Å². The second-order valence-electron chi connectivity index (χ2n) is 1.92. The third-order valence-corrected chi connectivity index (χ3v) is 3.81. The molecule has 0 aromatic carbocycles. The molecule has 1 nitrogen and oxygen atoms in total. The summed E-state index contributed by atoms with van der Waals surface area (Å²) in [5, 5.41) is 0. The number of hydrogen-bond acceptors (Lipinski definition) is 3. The summed E-state index contributed by atoms with van der Waals surface area (Å²) in [7, 11) is 0. The van der Waals surface area contributed by atoms with E-state index in [1.165, 1.54) is 11.5 Å². The van der Waals surface area contributed by atoms with Crippen LogP contribution in [0.1, 0.15) is 20.3 Å². The molecule has 0 unspecified atom stereocenters. The van der Waals surface area contributed by atoms with Gasteiger partial charge in [0, 0.05) is 0 Å². The molecule has 62 valence electrons. The quantitative estimate of drug-likeness (QED) is 0.633. The molecule has 0 rings (SSSR count). The van der Waals surface area contributed by atoms with E-state index in [1.54, 1.807) is 0 Å². The van der Waals surface area contributed by atoms with Crippen LogP contribution in [0.5, 0.6) is 0 Å². The first kappa shape index (κ1) is 10.7. The molecule has 0 spiro atoms. The molecule has 0 aromatic heterocycles. The SMILES string of the molecule is CCSC(CCN)SCC. The zero-order valence-corrected chi connectivity index (χ0v) is 8.43. The van der Waals surface area contributed by atoms with Crippen LogP contribution in [0.3, 0.4) is 0 Å². The highest BCUT2D eigenvalue weighted by molar-refractivity contribution is 8.16. The Bertz CT molecular complexity index is 54.4. The molecule has 0 atom stereocenters. The van der Waals surface area contributed by atoms with Crippen molar-refractivity contribution in [2.24, 2.45) is 5.73 Å². The summed E-state index contributed by atoms with van der Waals surface area (Å²) < 4.78 is 0.736. The summed E-state index contributed by atoms with van der Waals surface area (Å²) in [4.78, 5) is 0. The second-order valence-corrected chi connectivity index (χ2v) is 5.18. The van der Waals surface area contributed by atoms with Crippen molar-refractivity contribution in [1.82, 2.24) is 0 Å². The smallest absolute Gasteiger partial charge is 0.0514 e. The van der Waals surface area contributed by atoms with E-state index in [1.807, 2.05) is 23.5 Å². The highest BCUT2D eigenvalue weighted by Crippen LogP contribution is 2.25. The summed E-state index contributed by atoms with van der Waals surface area (Å²) in [6.07, 6.45) is 1.15. The molecule has 0 heterocycles. The minimum Gasteiger partial charge on any atom is -0.330 e. The van der Waals surface area contributed by atoms with E-state index < -0.39 is 0 Å². The highest BCUT2D eigenvalue weighted by Gasteiger charge is 2.04. The molecule has 0 fully saturated rings. The Hall–Kier alpha value is 0.660. The lowest BCUT2D eigenvalue weighted by atomic mass is 10.5. The Morgan fingerprint density at radius 2 is 1.70 bits per heavy atom. The second kappa shape index (κ2) is 7.76. The van der Waals surface area contributed by atoms with E-state index in [9.17, 15) is 0 Å². The van der Waals surface area contributed by atoms with Crippen molar-refractivity contribution in [3.8, 4) is 0 Å². The molecule has 0 aliphatic carbocycles. The first-order valence-corrected chi connectivity index (χ1v) is 5.88. The van der Waals surface area contributed by atoms with Crippen LogP contribution in [0, 0.1) is 0 Å². The normalized spacial score (nSPS) is 10.8. The fourth-order valence-corrected chi connectivity index (χ4v) is 3.27. The molecule has 10 heavy (non-hydrogen) atoms. The van der Waals surface area contributed by atoms with Gasteiger partial charge in [-0.15, -0.1) is 23.5 Å². The molecule has 2 N–H and O–H groups in total. The van der Waals surface area contributed by atoms with Gasteiger partial charge in [-0.05, 0) is 24.5 Å². The molecule has 0 amide bonds. The summed E-state index contributed by atoms with van der Waals surface area (Å²) in [5.74, 6) is 2.41. The molecule has 0 saturated heterocycles. The Morgan fingerprint density at radius 1 is 1.20 bits per heavy atom. The summed E-state index contributed by atoms with van der Waals surface area (Å²) >= 11 is 4.02. The van der Waals surface area contributed by atoms with Crippen molar-refractivity contribution in [2.75, 3.05) is 18.1 Å². The molecule has 0 aromatic rings. The summed E-state index contributed by atoms with van der Waals surface area (Å²) in [6, 6.07) is 0. The average Bonchev–Trinajstić information content (AvgIpc) is 1.90. The zero-order valence-electron chi connectivity index (χ0n) is 6.80. The van der Waals surface area contributed by atoms with Gasteiger partial charge in [-0.1, -0.05) is 13.8 Å². The monoisotopic (exact) mass is 179 g/mol. The summed E-state index contributed by atoms with van der Waals surface area (Å²) in [5.41, 5.74) is 5.46. The van der Waals surface area contributed by atoms with Gasteiger partial charge in [-0.2, -0.15) is 0 Å². The number of rotatable bonds is 6. The van der Waals surface area contributed by atoms with Crippen molar-refractivity contribution in [3.05, 3.63) is 0 Å². The van der Waals surface area contributed by atoms with Gasteiger partial charge in [0.2, 0.25) is 0 Å². The molecule has 0 aliphatic rings. The molecular weight excluding hydrogens is 162 g/mol. The van der Waals surface area contributed by atoms with Gasteiger partial charge in [-0.3, -0.25) is 0 Å². The van der Waals surface area contributed by atoms with Crippen LogP contribution >= 0.6 is 23.5 Å². The Kier molecular flexibility index (Phi) is 8.28. The van der Waals surface area contributed by atoms with Crippen molar-refractivity contribution in [2.45, 2.75) is 24.9 Å². The maximum Gasteiger partial charge on any atom is 0.0514 e. The van der Waals surface area contributed by atoms with Crippen LogP contribution < -0.4 is 5.73 Å². The van der Waals surface area contributed by atoms with Crippen molar-refractivity contribution in [1.29, 1.82) is 0 Å². The van der Waals surface area contributed by atoms with Crippen LogP contribution in [-0.2, 0) is 0 Å². The number of nitrogens with two attached hydrogens (primary N) is 1. The van der Waals surface area contributed by atoms with E-state index in [4.69, 9.17) is 5.73 Å². The number of thioether (sulfide) groups is 2. The van der Waals surface area contributed by atoms with Crippen molar-refractivity contribution in [3.63, 3.8) is 0 Å². The van der Waals surface area contributed by atoms with Gasteiger partial charge in [0.25, 0.3) is 0 Å². The Morgan fingerprint density at radius 3 is 2.00 bits per heavy atom. The van der Waals surface area contributed by atoms with E-state index in [0.29, 0.717) is 0 Å². The van der Waals surface area contributed by atoms with Gasteiger partial charge in [0.1, 0.15) is 0 Å². The van der Waals surface area contributed by atoms with Gasteiger partial charge >= 0.3 is 0 Å². The molecular formula is C7H17NS2. The van der Waals surface area contributed by atoms with Crippen LogP contribution in [-0.4, -0.2) is 22.6 Å². The third kappa shape index (κ3) is 5.45. The topological polar surface area (TPSA) is 26.0 Å². The summed E-state index contributed by atoms with van der Waals surface area (Å²) in [6.45, 7) is 5.22. The van der Waals surface area contributed by atoms with E-state index >= 15 is 0 Å². The Labute approximate surface area is 72.5 Å². The van der Waals surface area contributed by atoms with Crippen LogP contribution in [0.25, 0.3) is 0 Å². The van der Waals surface area contributed by atoms with Crippen LogP contribution in [0.2, 0.25) is 0 Å². The largest absolute Gasteiger partial charge is 0.330 e. The fourth-order valence-electron chi connectivity index (χ4n) is 0.723. The standard InChI is InChI=1S/C7H17NS2/c1-3-9-7(5-6-8)10-4-2/h7H,3-6,8H2,1-2H3. The predicted octanol–water partition coefficient (Wildman–Crippen LogP) is 2.17.